The van der Waals surface area contributed by atoms with E-state index in [9.17, 15) is 25.2 Å². The first kappa shape index (κ1) is 27.2. The van der Waals surface area contributed by atoms with Gasteiger partial charge in [0.15, 0.2) is 5.78 Å². The Kier molecular flexibility index (Phi) is 7.61. The molecule has 38 heavy (non-hydrogen) atoms. The van der Waals surface area contributed by atoms with E-state index in [-0.39, 0.29) is 17.1 Å². The summed E-state index contributed by atoms with van der Waals surface area (Å²) in [6, 6.07) is 15.2. The van der Waals surface area contributed by atoms with Crippen LogP contribution < -0.4 is 4.74 Å². The Labute approximate surface area is 229 Å². The van der Waals surface area contributed by atoms with Gasteiger partial charge in [0.1, 0.15) is 30.2 Å². The van der Waals surface area contributed by atoms with E-state index in [2.05, 4.69) is 29.8 Å². The molecule has 0 amide bonds. The van der Waals surface area contributed by atoms with E-state index in [1.165, 1.54) is 0 Å². The van der Waals surface area contributed by atoms with Gasteiger partial charge in [-0.2, -0.15) is 0 Å². The van der Waals surface area contributed by atoms with Crippen molar-refractivity contribution < 1.29 is 34.7 Å². The molecule has 1 saturated heterocycles. The molecule has 2 heterocycles. The van der Waals surface area contributed by atoms with Crippen molar-refractivity contribution in [3.63, 3.8) is 0 Å². The van der Waals surface area contributed by atoms with Crippen molar-refractivity contribution in [3.8, 4) is 5.75 Å². The Balaban J connectivity index is 1.42. The molecule has 2 aromatic carbocycles. The van der Waals surface area contributed by atoms with Gasteiger partial charge in [-0.1, -0.05) is 54.0 Å². The predicted molar refractivity (Wildman–Crippen MR) is 144 cm³/mol. The Morgan fingerprint density at radius 2 is 1.68 bits per heavy atom. The number of carbonyl (C=O) groups excluding carboxylic acids is 1. The zero-order valence-corrected chi connectivity index (χ0v) is 22.8. The van der Waals surface area contributed by atoms with E-state index >= 15 is 0 Å². The molecule has 2 aliphatic heterocycles. The summed E-state index contributed by atoms with van der Waals surface area (Å²) in [5.74, 6) is 0.341. The highest BCUT2D eigenvalue weighted by molar-refractivity contribution is 9.10. The standard InChI is InChI=1S/C29H32BrNO7/c1-29(2)12-21-24(22(33)13-29)19(11-20(31-21)16-3-7-17(30)8-4-16)15-5-9-18(10-6-15)37-28-27(36)26(35)25(34)23(14-32)38-28/h3-10,19,23,25-28,32,34-36H,11-14H2,1-2H3/t19?,23-,25-,26-,27-,28-/m1/s1. The molecule has 0 aromatic heterocycles. The van der Waals surface area contributed by atoms with Crippen molar-refractivity contribution >= 4 is 27.4 Å². The fourth-order valence-corrected chi connectivity index (χ4v) is 5.75. The number of allylic oxidation sites excluding steroid dienone is 2. The van der Waals surface area contributed by atoms with Gasteiger partial charge in [-0.25, -0.2) is 0 Å². The number of rotatable bonds is 5. The quantitative estimate of drug-likeness (QED) is 0.424. The molecular formula is C29H32BrNO7. The largest absolute Gasteiger partial charge is 0.462 e. The minimum atomic E-state index is -1.52. The highest BCUT2D eigenvalue weighted by Crippen LogP contribution is 2.46. The minimum Gasteiger partial charge on any atom is -0.462 e. The van der Waals surface area contributed by atoms with Crippen molar-refractivity contribution in [2.45, 2.75) is 69.7 Å². The minimum absolute atomic E-state index is 0.126. The monoisotopic (exact) mass is 585 g/mol. The predicted octanol–water partition coefficient (Wildman–Crippen LogP) is 3.25. The van der Waals surface area contributed by atoms with Gasteiger partial charge < -0.3 is 29.9 Å². The van der Waals surface area contributed by atoms with Gasteiger partial charge in [0.25, 0.3) is 0 Å². The molecule has 9 heteroatoms. The van der Waals surface area contributed by atoms with Gasteiger partial charge in [0, 0.05) is 40.2 Å². The lowest BCUT2D eigenvalue weighted by Gasteiger charge is -2.39. The number of aliphatic hydroxyl groups excluding tert-OH is 4. The maximum absolute atomic E-state index is 13.3. The van der Waals surface area contributed by atoms with Crippen molar-refractivity contribution in [1.29, 1.82) is 0 Å². The first-order chi connectivity index (χ1) is 18.1. The summed E-state index contributed by atoms with van der Waals surface area (Å²) in [5.41, 5.74) is 4.36. The van der Waals surface area contributed by atoms with E-state index in [0.29, 0.717) is 18.6 Å². The number of Topliss-reactive ketones (excluding diaryl/α,β-unsaturated/α-hetero) is 1. The molecule has 0 saturated carbocycles. The molecule has 6 atom stereocenters. The Morgan fingerprint density at radius 3 is 2.34 bits per heavy atom. The lowest BCUT2D eigenvalue weighted by molar-refractivity contribution is -0.277. The van der Waals surface area contributed by atoms with E-state index in [1.807, 2.05) is 36.4 Å². The Bertz CT molecular complexity index is 1250. The number of ether oxygens (including phenoxy) is 2. The second kappa shape index (κ2) is 10.6. The van der Waals surface area contributed by atoms with Crippen LogP contribution in [0.2, 0.25) is 0 Å². The van der Waals surface area contributed by atoms with E-state index in [0.717, 1.165) is 39.0 Å². The van der Waals surface area contributed by atoms with Crippen LogP contribution in [0.4, 0.5) is 0 Å². The third-order valence-electron chi connectivity index (χ3n) is 7.47. The van der Waals surface area contributed by atoms with Crippen molar-refractivity contribution in [1.82, 2.24) is 0 Å². The van der Waals surface area contributed by atoms with Gasteiger partial charge >= 0.3 is 0 Å². The maximum Gasteiger partial charge on any atom is 0.229 e. The summed E-state index contributed by atoms with van der Waals surface area (Å²) in [6.07, 6.45) is -5.00. The van der Waals surface area contributed by atoms with Crippen LogP contribution in [0.15, 0.2) is 69.3 Å². The van der Waals surface area contributed by atoms with Crippen LogP contribution in [-0.2, 0) is 9.53 Å². The maximum atomic E-state index is 13.3. The first-order valence-corrected chi connectivity index (χ1v) is 13.5. The molecule has 0 radical (unpaired) electrons. The second-order valence-corrected chi connectivity index (χ2v) is 11.9. The zero-order valence-electron chi connectivity index (χ0n) is 21.3. The summed E-state index contributed by atoms with van der Waals surface area (Å²) in [7, 11) is 0. The number of aliphatic hydroxyl groups is 4. The van der Waals surface area contributed by atoms with Crippen LogP contribution in [0.3, 0.4) is 0 Å². The highest BCUT2D eigenvalue weighted by atomic mass is 79.9. The number of aliphatic imine (C=N–C) groups is 1. The number of nitrogens with zero attached hydrogens (tertiary/aromatic N) is 1. The lowest BCUT2D eigenvalue weighted by Crippen LogP contribution is -2.60. The third-order valence-corrected chi connectivity index (χ3v) is 8.00. The van der Waals surface area contributed by atoms with E-state index in [1.54, 1.807) is 12.1 Å². The fraction of sp³-hybridized carbons (Fsp3) is 0.448. The molecule has 8 nitrogen and oxygen atoms in total. The van der Waals surface area contributed by atoms with Crippen molar-refractivity contribution in [2.24, 2.45) is 10.4 Å². The smallest absolute Gasteiger partial charge is 0.229 e. The second-order valence-electron chi connectivity index (χ2n) is 11.0. The lowest BCUT2D eigenvalue weighted by atomic mass is 9.69. The molecule has 0 bridgehead atoms. The Morgan fingerprint density at radius 1 is 1.00 bits per heavy atom. The third kappa shape index (κ3) is 5.36. The molecule has 1 aliphatic carbocycles. The average molecular weight is 586 g/mol. The molecule has 0 spiro atoms. The number of ketones is 1. The van der Waals surface area contributed by atoms with Crippen LogP contribution in [0.25, 0.3) is 0 Å². The van der Waals surface area contributed by atoms with Crippen LogP contribution in [-0.4, -0.2) is 69.2 Å². The van der Waals surface area contributed by atoms with Crippen molar-refractivity contribution in [3.05, 3.63) is 75.4 Å². The first-order valence-electron chi connectivity index (χ1n) is 12.7. The number of halogens is 1. The van der Waals surface area contributed by atoms with Gasteiger partial charge in [-0.05, 0) is 47.2 Å². The van der Waals surface area contributed by atoms with E-state index in [4.69, 9.17) is 14.5 Å². The van der Waals surface area contributed by atoms with Gasteiger partial charge in [-0.15, -0.1) is 0 Å². The summed E-state index contributed by atoms with van der Waals surface area (Å²) in [6.45, 7) is 3.66. The molecular weight excluding hydrogens is 554 g/mol. The van der Waals surface area contributed by atoms with Gasteiger partial charge in [-0.3, -0.25) is 9.79 Å². The zero-order chi connectivity index (χ0) is 27.2. The number of hydrogen-bond donors (Lipinski definition) is 4. The SMILES string of the molecule is CC1(C)CC(=O)C2=C(C1)N=C(c1ccc(Br)cc1)CC2c1ccc(O[C@@H]2O[C@H](CO)[C@@H](O)[C@@H](O)[C@H]2O)cc1. The molecule has 4 N–H and O–H groups in total. The number of hydrogen-bond acceptors (Lipinski definition) is 8. The number of carbonyl (C=O) groups is 1. The molecule has 5 rings (SSSR count). The Hall–Kier alpha value is -2.40. The molecule has 1 unspecified atom stereocenters. The summed E-state index contributed by atoms with van der Waals surface area (Å²) < 4.78 is 12.2. The normalized spacial score (nSPS) is 31.0. The molecule has 3 aliphatic rings. The van der Waals surface area contributed by atoms with E-state index < -0.39 is 37.3 Å². The number of benzene rings is 2. The summed E-state index contributed by atoms with van der Waals surface area (Å²) in [4.78, 5) is 18.3. The summed E-state index contributed by atoms with van der Waals surface area (Å²) >= 11 is 3.49. The van der Waals surface area contributed by atoms with Gasteiger partial charge in [0.2, 0.25) is 6.29 Å². The molecule has 1 fully saturated rings. The van der Waals surface area contributed by atoms with Crippen molar-refractivity contribution in [2.75, 3.05) is 6.61 Å². The van der Waals surface area contributed by atoms with Crippen LogP contribution >= 0.6 is 15.9 Å². The fourth-order valence-electron chi connectivity index (χ4n) is 5.49. The average Bonchev–Trinajstić information content (AvgIpc) is 2.88. The molecule has 2 aromatic rings. The van der Waals surface area contributed by atoms with Crippen LogP contribution in [0.1, 0.15) is 50.2 Å². The van der Waals surface area contributed by atoms with Crippen LogP contribution in [0, 0.1) is 5.41 Å². The van der Waals surface area contributed by atoms with Gasteiger partial charge in [0.05, 0.1) is 6.61 Å². The van der Waals surface area contributed by atoms with Crippen LogP contribution in [0.5, 0.6) is 5.75 Å². The summed E-state index contributed by atoms with van der Waals surface area (Å²) in [5, 5.41) is 39.8. The topological polar surface area (TPSA) is 129 Å². The highest BCUT2D eigenvalue weighted by Gasteiger charge is 2.45. The molecule has 202 valence electrons.